The van der Waals surface area contributed by atoms with E-state index in [1.807, 2.05) is 11.8 Å². The molecule has 0 aliphatic carbocycles. The lowest BCUT2D eigenvalue weighted by Crippen LogP contribution is -2.34. The smallest absolute Gasteiger partial charge is 0.0446 e. The van der Waals surface area contributed by atoms with Gasteiger partial charge in [-0.25, -0.2) is 0 Å². The Bertz CT molecular complexity index is 412. The Hall–Kier alpha value is -0.710. The summed E-state index contributed by atoms with van der Waals surface area (Å²) in [5.74, 6) is 1.04. The first-order valence-corrected chi connectivity index (χ1v) is 9.84. The van der Waals surface area contributed by atoms with Gasteiger partial charge >= 0.3 is 0 Å². The van der Waals surface area contributed by atoms with Crippen LogP contribution in [0.4, 0.5) is 5.69 Å². The van der Waals surface area contributed by atoms with E-state index in [9.17, 15) is 5.11 Å². The summed E-state index contributed by atoms with van der Waals surface area (Å²) in [7, 11) is 0. The molecule has 2 rings (SSSR count). The molecule has 1 heterocycles. The molecule has 1 aromatic carbocycles. The molecule has 1 aliphatic rings. The van der Waals surface area contributed by atoms with Crippen molar-refractivity contribution in [2.75, 3.05) is 36.6 Å². The molecule has 1 aliphatic heterocycles. The Morgan fingerprint density at radius 2 is 1.86 bits per heavy atom. The van der Waals surface area contributed by atoms with E-state index in [2.05, 4.69) is 47.7 Å². The molecule has 2 atom stereocenters. The zero-order chi connectivity index (χ0) is 15.8. The molecular formula is C18H30N2OS. The lowest BCUT2D eigenvalue weighted by Gasteiger charge is -2.29. The van der Waals surface area contributed by atoms with Gasteiger partial charge in [0.05, 0.1) is 0 Å². The summed E-state index contributed by atoms with van der Waals surface area (Å²) in [6, 6.07) is 9.70. The molecule has 124 valence electrons. The second-order valence-electron chi connectivity index (χ2n) is 6.19. The van der Waals surface area contributed by atoms with Gasteiger partial charge in [0.15, 0.2) is 0 Å². The Morgan fingerprint density at radius 3 is 2.45 bits per heavy atom. The van der Waals surface area contributed by atoms with Gasteiger partial charge in [-0.15, -0.1) is 0 Å². The van der Waals surface area contributed by atoms with Crippen LogP contribution in [-0.2, 0) is 0 Å². The van der Waals surface area contributed by atoms with Crippen LogP contribution >= 0.6 is 11.8 Å². The predicted octanol–water partition coefficient (Wildman–Crippen LogP) is 3.44. The highest BCUT2D eigenvalue weighted by Gasteiger charge is 2.14. The summed E-state index contributed by atoms with van der Waals surface area (Å²) in [6.07, 6.45) is 6.94. The van der Waals surface area contributed by atoms with Crippen molar-refractivity contribution in [3.05, 3.63) is 29.8 Å². The molecule has 1 fully saturated rings. The lowest BCUT2D eigenvalue weighted by molar-refractivity contribution is 0.265. The van der Waals surface area contributed by atoms with Gasteiger partial charge in [-0.1, -0.05) is 12.1 Å². The van der Waals surface area contributed by atoms with E-state index in [0.717, 1.165) is 12.2 Å². The minimum Gasteiger partial charge on any atom is -0.396 e. The van der Waals surface area contributed by atoms with E-state index in [0.29, 0.717) is 12.1 Å². The maximum Gasteiger partial charge on any atom is 0.0446 e. The van der Waals surface area contributed by atoms with Gasteiger partial charge in [0.1, 0.15) is 0 Å². The van der Waals surface area contributed by atoms with Crippen LogP contribution < -0.4 is 10.2 Å². The van der Waals surface area contributed by atoms with Crippen molar-refractivity contribution in [2.45, 2.75) is 44.7 Å². The van der Waals surface area contributed by atoms with Crippen LogP contribution in [0.25, 0.3) is 0 Å². The number of hydrogen-bond donors (Lipinski definition) is 2. The van der Waals surface area contributed by atoms with Crippen LogP contribution in [0, 0.1) is 0 Å². The SMILES string of the molecule is CSCC(CCO)NC(C)c1ccc(N2CCCCC2)cc1. The third kappa shape index (κ3) is 5.18. The number of thioether (sulfide) groups is 1. The number of piperidine rings is 1. The molecule has 22 heavy (non-hydrogen) atoms. The van der Waals surface area contributed by atoms with E-state index in [-0.39, 0.29) is 6.61 Å². The van der Waals surface area contributed by atoms with Crippen LogP contribution in [0.15, 0.2) is 24.3 Å². The first-order valence-electron chi connectivity index (χ1n) is 8.45. The minimum atomic E-state index is 0.249. The molecule has 0 bridgehead atoms. The molecule has 2 unspecified atom stereocenters. The summed E-state index contributed by atoms with van der Waals surface area (Å²) in [5.41, 5.74) is 2.68. The van der Waals surface area contributed by atoms with Crippen LogP contribution in [0.2, 0.25) is 0 Å². The Kier molecular flexibility index (Phi) is 7.56. The van der Waals surface area contributed by atoms with E-state index in [1.54, 1.807) is 0 Å². The second kappa shape index (κ2) is 9.43. The fourth-order valence-corrected chi connectivity index (χ4v) is 3.81. The van der Waals surface area contributed by atoms with Crippen LogP contribution in [0.3, 0.4) is 0 Å². The van der Waals surface area contributed by atoms with Crippen molar-refractivity contribution >= 4 is 17.4 Å². The van der Waals surface area contributed by atoms with Crippen molar-refractivity contribution in [2.24, 2.45) is 0 Å². The minimum absolute atomic E-state index is 0.249. The number of hydrogen-bond acceptors (Lipinski definition) is 4. The van der Waals surface area contributed by atoms with Crippen molar-refractivity contribution < 1.29 is 5.11 Å². The number of nitrogens with one attached hydrogen (secondary N) is 1. The molecule has 0 saturated carbocycles. The van der Waals surface area contributed by atoms with Crippen LogP contribution in [-0.4, -0.2) is 42.9 Å². The number of benzene rings is 1. The zero-order valence-corrected chi connectivity index (χ0v) is 14.7. The highest BCUT2D eigenvalue weighted by atomic mass is 32.2. The van der Waals surface area contributed by atoms with Crippen LogP contribution in [0.1, 0.15) is 44.2 Å². The van der Waals surface area contributed by atoms with E-state index < -0.39 is 0 Å². The number of nitrogens with zero attached hydrogens (tertiary/aromatic N) is 1. The highest BCUT2D eigenvalue weighted by molar-refractivity contribution is 7.98. The van der Waals surface area contributed by atoms with Gasteiger partial charge in [0.25, 0.3) is 0 Å². The van der Waals surface area contributed by atoms with Gasteiger partial charge in [-0.2, -0.15) is 11.8 Å². The van der Waals surface area contributed by atoms with Gasteiger partial charge in [-0.3, -0.25) is 0 Å². The number of aliphatic hydroxyl groups excluding tert-OH is 1. The standard InChI is InChI=1S/C18H30N2OS/c1-15(19-17(10-13-21)14-22-2)16-6-8-18(9-7-16)20-11-4-3-5-12-20/h6-9,15,17,19,21H,3-5,10-14H2,1-2H3. The maximum absolute atomic E-state index is 9.17. The first kappa shape index (κ1) is 17.6. The van der Waals surface area contributed by atoms with E-state index in [4.69, 9.17) is 0 Å². The van der Waals surface area contributed by atoms with E-state index in [1.165, 1.54) is 43.6 Å². The largest absolute Gasteiger partial charge is 0.396 e. The second-order valence-corrected chi connectivity index (χ2v) is 7.10. The van der Waals surface area contributed by atoms with Crippen molar-refractivity contribution in [1.82, 2.24) is 5.32 Å². The first-order chi connectivity index (χ1) is 10.7. The summed E-state index contributed by atoms with van der Waals surface area (Å²) >= 11 is 1.83. The summed E-state index contributed by atoms with van der Waals surface area (Å²) in [6.45, 7) is 4.85. The third-order valence-electron chi connectivity index (χ3n) is 4.45. The van der Waals surface area contributed by atoms with Crippen molar-refractivity contribution in [3.8, 4) is 0 Å². The predicted molar refractivity (Wildman–Crippen MR) is 97.9 cm³/mol. The third-order valence-corrected chi connectivity index (χ3v) is 5.18. The molecular weight excluding hydrogens is 292 g/mol. The normalized spacial score (nSPS) is 18.2. The Morgan fingerprint density at radius 1 is 1.18 bits per heavy atom. The summed E-state index contributed by atoms with van der Waals surface area (Å²) < 4.78 is 0. The molecule has 1 saturated heterocycles. The zero-order valence-electron chi connectivity index (χ0n) is 13.9. The van der Waals surface area contributed by atoms with E-state index >= 15 is 0 Å². The average molecular weight is 323 g/mol. The van der Waals surface area contributed by atoms with Crippen LogP contribution in [0.5, 0.6) is 0 Å². The Labute approximate surface area is 139 Å². The Balaban J connectivity index is 1.93. The number of rotatable bonds is 8. The molecule has 0 spiro atoms. The monoisotopic (exact) mass is 322 g/mol. The maximum atomic E-state index is 9.17. The topological polar surface area (TPSA) is 35.5 Å². The molecule has 3 nitrogen and oxygen atoms in total. The molecule has 0 radical (unpaired) electrons. The molecule has 0 aromatic heterocycles. The number of anilines is 1. The van der Waals surface area contributed by atoms with Gasteiger partial charge < -0.3 is 15.3 Å². The molecule has 4 heteroatoms. The number of aliphatic hydroxyl groups is 1. The quantitative estimate of drug-likeness (QED) is 0.768. The van der Waals surface area contributed by atoms with Gasteiger partial charge in [0, 0.05) is 43.2 Å². The molecule has 1 aromatic rings. The molecule has 2 N–H and O–H groups in total. The van der Waals surface area contributed by atoms with Gasteiger partial charge in [0.2, 0.25) is 0 Å². The average Bonchev–Trinajstić information content (AvgIpc) is 2.56. The van der Waals surface area contributed by atoms with Crippen molar-refractivity contribution in [3.63, 3.8) is 0 Å². The fourth-order valence-electron chi connectivity index (χ4n) is 3.15. The highest BCUT2D eigenvalue weighted by Crippen LogP contribution is 2.23. The lowest BCUT2D eigenvalue weighted by atomic mass is 10.0. The molecule has 0 amide bonds. The van der Waals surface area contributed by atoms with Crippen molar-refractivity contribution in [1.29, 1.82) is 0 Å². The van der Waals surface area contributed by atoms with Gasteiger partial charge in [-0.05, 0) is 56.6 Å². The summed E-state index contributed by atoms with van der Waals surface area (Å²) in [4.78, 5) is 2.49. The fraction of sp³-hybridized carbons (Fsp3) is 0.667. The summed E-state index contributed by atoms with van der Waals surface area (Å²) in [5, 5.41) is 12.8.